The molecule has 0 bridgehead atoms. The zero-order chi connectivity index (χ0) is 29.1. The predicted molar refractivity (Wildman–Crippen MR) is 167 cm³/mol. The smallest absolute Gasteiger partial charge is 0.260 e. The van der Waals surface area contributed by atoms with Gasteiger partial charge >= 0.3 is 0 Å². The maximum Gasteiger partial charge on any atom is 0.260 e. The van der Waals surface area contributed by atoms with Crippen molar-refractivity contribution in [3.8, 4) is 22.3 Å². The van der Waals surface area contributed by atoms with Gasteiger partial charge in [-0.25, -0.2) is 9.97 Å². The van der Waals surface area contributed by atoms with Crippen LogP contribution in [0.3, 0.4) is 0 Å². The van der Waals surface area contributed by atoms with E-state index >= 15 is 0 Å². The number of rotatable bonds is 8. The second kappa shape index (κ2) is 12.4. The van der Waals surface area contributed by atoms with Crippen LogP contribution in [-0.2, 0) is 13.0 Å². The molecule has 0 amide bonds. The molecule has 1 N–H and O–H groups in total. The fourth-order valence-electron chi connectivity index (χ4n) is 5.56. The van der Waals surface area contributed by atoms with Gasteiger partial charge in [0, 0.05) is 58.3 Å². The number of hydrogen-bond acceptors (Lipinski definition) is 6. The van der Waals surface area contributed by atoms with Crippen LogP contribution in [0.4, 0.5) is 16.0 Å². The number of halogens is 2. The average Bonchev–Trinajstić information content (AvgIpc) is 3.01. The van der Waals surface area contributed by atoms with Crippen LogP contribution in [0.25, 0.3) is 33.3 Å². The standard InChI is InChI=1S/C33H32ClFN6O/c1-2-41-31-24(19-28(32(41)42)27-13-10-23(20-29(27)34)26-7-6-15-36-30(26)35)21-37-33(39-31)38-25-11-8-22(9-12-25)14-18-40-16-4-3-5-17-40/h6-13,15,19-21H,2-5,14,16-18H2,1H3,(H,37,38,39). The van der Waals surface area contributed by atoms with E-state index in [9.17, 15) is 9.18 Å². The third-order valence-corrected chi connectivity index (χ3v) is 8.16. The van der Waals surface area contributed by atoms with Gasteiger partial charge in [0.2, 0.25) is 11.9 Å². The zero-order valence-corrected chi connectivity index (χ0v) is 24.2. The molecule has 0 radical (unpaired) electrons. The number of nitrogens with one attached hydrogen (secondary N) is 1. The number of aryl methyl sites for hydroxylation is 1. The minimum Gasteiger partial charge on any atom is -0.324 e. The SMILES string of the molecule is CCn1c(=O)c(-c2ccc(-c3cccnc3F)cc2Cl)cc2cnc(Nc3ccc(CCN4CCCCC4)cc3)nc21. The highest BCUT2D eigenvalue weighted by Crippen LogP contribution is 2.32. The molecule has 0 atom stereocenters. The zero-order valence-electron chi connectivity index (χ0n) is 23.5. The summed E-state index contributed by atoms with van der Waals surface area (Å²) in [5, 5.41) is 4.33. The Balaban J connectivity index is 1.24. The van der Waals surface area contributed by atoms with E-state index < -0.39 is 5.95 Å². The number of fused-ring (bicyclic) bond motifs is 1. The number of likely N-dealkylation sites (tertiary alicyclic amines) is 1. The summed E-state index contributed by atoms with van der Waals surface area (Å²) < 4.78 is 15.8. The molecule has 0 aliphatic carbocycles. The number of aromatic nitrogens is 4. The summed E-state index contributed by atoms with van der Waals surface area (Å²) in [6.45, 7) is 5.82. The number of pyridine rings is 2. The summed E-state index contributed by atoms with van der Waals surface area (Å²) in [7, 11) is 0. The van der Waals surface area contributed by atoms with E-state index in [1.54, 1.807) is 47.2 Å². The van der Waals surface area contributed by atoms with E-state index in [1.807, 2.05) is 19.1 Å². The minimum absolute atomic E-state index is 0.213. The highest BCUT2D eigenvalue weighted by Gasteiger charge is 2.17. The number of hydrogen-bond donors (Lipinski definition) is 1. The summed E-state index contributed by atoms with van der Waals surface area (Å²) >= 11 is 6.64. The van der Waals surface area contributed by atoms with Gasteiger partial charge in [0.15, 0.2) is 0 Å². The Labute approximate surface area is 249 Å². The van der Waals surface area contributed by atoms with Gasteiger partial charge in [-0.15, -0.1) is 0 Å². The van der Waals surface area contributed by atoms with Crippen LogP contribution in [-0.4, -0.2) is 44.1 Å². The van der Waals surface area contributed by atoms with Gasteiger partial charge in [-0.1, -0.05) is 42.3 Å². The lowest BCUT2D eigenvalue weighted by Gasteiger charge is -2.26. The van der Waals surface area contributed by atoms with Crippen LogP contribution >= 0.6 is 11.6 Å². The van der Waals surface area contributed by atoms with Gasteiger partial charge in [0.05, 0.1) is 0 Å². The Morgan fingerprint density at radius 1 is 0.952 bits per heavy atom. The van der Waals surface area contributed by atoms with Crippen molar-refractivity contribution in [3.63, 3.8) is 0 Å². The van der Waals surface area contributed by atoms with Crippen molar-refractivity contribution >= 4 is 34.3 Å². The molecule has 9 heteroatoms. The van der Waals surface area contributed by atoms with Crippen LogP contribution in [0.5, 0.6) is 0 Å². The minimum atomic E-state index is -0.578. The van der Waals surface area contributed by atoms with Crippen LogP contribution in [0, 0.1) is 5.95 Å². The van der Waals surface area contributed by atoms with E-state index in [0.29, 0.717) is 50.8 Å². The Hall–Kier alpha value is -4.14. The number of nitrogens with zero attached hydrogens (tertiary/aromatic N) is 5. The maximum absolute atomic E-state index is 14.2. The molecule has 1 fully saturated rings. The molecule has 214 valence electrons. The molecule has 3 aromatic heterocycles. The number of benzene rings is 2. The maximum atomic E-state index is 14.2. The number of anilines is 2. The van der Waals surface area contributed by atoms with Crippen LogP contribution in [0.1, 0.15) is 31.7 Å². The van der Waals surface area contributed by atoms with E-state index in [-0.39, 0.29) is 5.56 Å². The number of piperidine rings is 1. The molecule has 0 unspecified atom stereocenters. The lowest BCUT2D eigenvalue weighted by atomic mass is 10.0. The molecule has 6 rings (SSSR count). The predicted octanol–water partition coefficient (Wildman–Crippen LogP) is 7.10. The quantitative estimate of drug-likeness (QED) is 0.197. The van der Waals surface area contributed by atoms with Gasteiger partial charge in [-0.3, -0.25) is 9.36 Å². The largest absolute Gasteiger partial charge is 0.324 e. The third kappa shape index (κ3) is 5.91. The first-order valence-electron chi connectivity index (χ1n) is 14.4. The van der Waals surface area contributed by atoms with E-state index in [2.05, 4.69) is 32.3 Å². The Bertz CT molecular complexity index is 1780. The molecule has 1 aliphatic rings. The van der Waals surface area contributed by atoms with Gasteiger partial charge in [-0.2, -0.15) is 9.37 Å². The van der Waals surface area contributed by atoms with Gasteiger partial charge < -0.3 is 10.2 Å². The lowest BCUT2D eigenvalue weighted by molar-refractivity contribution is 0.231. The lowest BCUT2D eigenvalue weighted by Crippen LogP contribution is -2.31. The third-order valence-electron chi connectivity index (χ3n) is 7.85. The second-order valence-corrected chi connectivity index (χ2v) is 11.0. The van der Waals surface area contributed by atoms with Gasteiger partial charge in [-0.05, 0) is 86.8 Å². The summed E-state index contributed by atoms with van der Waals surface area (Å²) in [6.07, 6.45) is 8.09. The van der Waals surface area contributed by atoms with Gasteiger partial charge in [0.25, 0.3) is 5.56 Å². The highest BCUT2D eigenvalue weighted by molar-refractivity contribution is 6.33. The molecule has 7 nitrogen and oxygen atoms in total. The van der Waals surface area contributed by atoms with E-state index in [1.165, 1.54) is 44.1 Å². The molecule has 0 saturated carbocycles. The van der Waals surface area contributed by atoms with Crippen molar-refractivity contribution in [1.82, 2.24) is 24.4 Å². The summed E-state index contributed by atoms with van der Waals surface area (Å²) in [6, 6.07) is 18.5. The summed E-state index contributed by atoms with van der Waals surface area (Å²) in [5.74, 6) is -0.162. The Morgan fingerprint density at radius 3 is 2.50 bits per heavy atom. The monoisotopic (exact) mass is 582 g/mol. The van der Waals surface area contributed by atoms with Crippen molar-refractivity contribution in [2.24, 2.45) is 0 Å². The van der Waals surface area contributed by atoms with Gasteiger partial charge in [0.1, 0.15) is 5.65 Å². The van der Waals surface area contributed by atoms with Crippen molar-refractivity contribution in [3.05, 3.63) is 99.9 Å². The first-order valence-corrected chi connectivity index (χ1v) is 14.8. The second-order valence-electron chi connectivity index (χ2n) is 10.6. The molecule has 1 aliphatic heterocycles. The van der Waals surface area contributed by atoms with E-state index in [4.69, 9.17) is 16.6 Å². The van der Waals surface area contributed by atoms with Crippen LogP contribution in [0.15, 0.2) is 77.9 Å². The fourth-order valence-corrected chi connectivity index (χ4v) is 5.84. The topological polar surface area (TPSA) is 75.9 Å². The molecule has 5 aromatic rings. The normalized spacial score (nSPS) is 13.9. The highest BCUT2D eigenvalue weighted by atomic mass is 35.5. The summed E-state index contributed by atoms with van der Waals surface area (Å²) in [4.78, 5) is 29.1. The fraction of sp³-hybridized carbons (Fsp3) is 0.273. The summed E-state index contributed by atoms with van der Waals surface area (Å²) in [5.41, 5.74) is 4.42. The first kappa shape index (κ1) is 28.0. The van der Waals surface area contributed by atoms with E-state index in [0.717, 1.165) is 18.7 Å². The molecule has 1 saturated heterocycles. The van der Waals surface area contributed by atoms with Crippen LogP contribution in [0.2, 0.25) is 5.02 Å². The van der Waals surface area contributed by atoms with Crippen molar-refractivity contribution in [1.29, 1.82) is 0 Å². The van der Waals surface area contributed by atoms with Crippen molar-refractivity contribution in [2.75, 3.05) is 25.0 Å². The molecule has 4 heterocycles. The van der Waals surface area contributed by atoms with Crippen molar-refractivity contribution in [2.45, 2.75) is 39.2 Å². The Kier molecular flexibility index (Phi) is 8.26. The first-order chi connectivity index (χ1) is 20.5. The average molecular weight is 583 g/mol. The Morgan fingerprint density at radius 2 is 1.76 bits per heavy atom. The van der Waals surface area contributed by atoms with Crippen LogP contribution < -0.4 is 10.9 Å². The molecule has 42 heavy (non-hydrogen) atoms. The molecule has 0 spiro atoms. The molecule has 2 aromatic carbocycles. The van der Waals surface area contributed by atoms with Crippen molar-refractivity contribution < 1.29 is 4.39 Å². The molecular formula is C33H32ClFN6O. The molecular weight excluding hydrogens is 551 g/mol.